The summed E-state index contributed by atoms with van der Waals surface area (Å²) in [5.74, 6) is -0.376. The van der Waals surface area contributed by atoms with Gasteiger partial charge in [-0.3, -0.25) is 9.59 Å². The lowest BCUT2D eigenvalue weighted by molar-refractivity contribution is -0.141. The van der Waals surface area contributed by atoms with Gasteiger partial charge in [0.05, 0.1) is 5.56 Å². The van der Waals surface area contributed by atoms with Crippen molar-refractivity contribution >= 4 is 17.8 Å². The summed E-state index contributed by atoms with van der Waals surface area (Å²) in [6.07, 6.45) is 0. The van der Waals surface area contributed by atoms with E-state index in [4.69, 9.17) is 9.47 Å². The fourth-order valence-electron chi connectivity index (χ4n) is 1.50. The highest BCUT2D eigenvalue weighted by Gasteiger charge is 2.23. The third kappa shape index (κ3) is 2.50. The molecule has 0 aliphatic carbocycles. The van der Waals surface area contributed by atoms with Crippen LogP contribution in [0.4, 0.5) is 0 Å². The van der Waals surface area contributed by atoms with E-state index in [1.165, 1.54) is 6.92 Å². The number of ether oxygens (including phenoxy) is 2. The summed E-state index contributed by atoms with van der Waals surface area (Å²) in [6, 6.07) is 7.05. The first-order chi connectivity index (χ1) is 8.18. The summed E-state index contributed by atoms with van der Waals surface area (Å²) in [5.41, 5.74) is 1.22. The molecule has 0 radical (unpaired) electrons. The van der Waals surface area contributed by atoms with Crippen LogP contribution in [0.2, 0.25) is 0 Å². The molecule has 0 saturated heterocycles. The molecule has 1 aliphatic heterocycles. The summed E-state index contributed by atoms with van der Waals surface area (Å²) >= 11 is 0. The van der Waals surface area contributed by atoms with Gasteiger partial charge in [0.1, 0.15) is 13.2 Å². The van der Waals surface area contributed by atoms with Gasteiger partial charge in [0.25, 0.3) is 5.91 Å². The third-order valence-electron chi connectivity index (χ3n) is 2.22. The highest BCUT2D eigenvalue weighted by molar-refractivity contribution is 6.18. The van der Waals surface area contributed by atoms with Crippen LogP contribution in [0.3, 0.4) is 0 Å². The van der Waals surface area contributed by atoms with E-state index in [1.54, 1.807) is 18.2 Å². The van der Waals surface area contributed by atoms with E-state index in [-0.39, 0.29) is 31.0 Å². The van der Waals surface area contributed by atoms with Crippen LogP contribution in [0.1, 0.15) is 22.8 Å². The molecule has 0 spiro atoms. The molecule has 0 aromatic heterocycles. The SMILES string of the molecule is CC(=O)OCCOC1=NC(=O)c2ccccc21. The van der Waals surface area contributed by atoms with E-state index in [2.05, 4.69) is 4.99 Å². The molecule has 0 saturated carbocycles. The van der Waals surface area contributed by atoms with E-state index in [0.29, 0.717) is 11.1 Å². The lowest BCUT2D eigenvalue weighted by Crippen LogP contribution is -2.12. The van der Waals surface area contributed by atoms with Crippen LogP contribution in [0, 0.1) is 0 Å². The van der Waals surface area contributed by atoms with Gasteiger partial charge in [-0.25, -0.2) is 0 Å². The van der Waals surface area contributed by atoms with Crippen molar-refractivity contribution in [1.82, 2.24) is 0 Å². The maximum absolute atomic E-state index is 11.5. The Morgan fingerprint density at radius 2 is 1.94 bits per heavy atom. The molecular weight excluding hydrogens is 222 g/mol. The number of fused-ring (bicyclic) bond motifs is 1. The van der Waals surface area contributed by atoms with Gasteiger partial charge in [-0.2, -0.15) is 4.99 Å². The van der Waals surface area contributed by atoms with Gasteiger partial charge in [0.2, 0.25) is 5.90 Å². The molecule has 1 aliphatic rings. The Labute approximate surface area is 98.1 Å². The minimum atomic E-state index is -0.363. The highest BCUT2D eigenvalue weighted by atomic mass is 16.6. The predicted molar refractivity (Wildman–Crippen MR) is 59.9 cm³/mol. The van der Waals surface area contributed by atoms with Gasteiger partial charge in [-0.15, -0.1) is 0 Å². The zero-order valence-electron chi connectivity index (χ0n) is 9.30. The molecule has 5 heteroatoms. The van der Waals surface area contributed by atoms with Crippen molar-refractivity contribution < 1.29 is 19.1 Å². The molecule has 0 N–H and O–H groups in total. The average Bonchev–Trinajstić information content (AvgIpc) is 2.63. The average molecular weight is 233 g/mol. The molecule has 88 valence electrons. The minimum Gasteiger partial charge on any atom is -0.474 e. The number of amides is 1. The normalized spacial score (nSPS) is 13.0. The first kappa shape index (κ1) is 11.3. The molecule has 0 bridgehead atoms. The number of hydrogen-bond acceptors (Lipinski definition) is 4. The second kappa shape index (κ2) is 4.78. The van der Waals surface area contributed by atoms with Crippen molar-refractivity contribution in [3.05, 3.63) is 35.4 Å². The number of aliphatic imine (C=N–C) groups is 1. The highest BCUT2D eigenvalue weighted by Crippen LogP contribution is 2.18. The smallest absolute Gasteiger partial charge is 0.302 e. The Kier molecular flexibility index (Phi) is 3.18. The van der Waals surface area contributed by atoms with Crippen molar-refractivity contribution in [2.75, 3.05) is 13.2 Å². The van der Waals surface area contributed by atoms with Crippen molar-refractivity contribution in [3.63, 3.8) is 0 Å². The zero-order valence-corrected chi connectivity index (χ0v) is 9.30. The fourth-order valence-corrected chi connectivity index (χ4v) is 1.50. The summed E-state index contributed by atoms with van der Waals surface area (Å²) in [6.45, 7) is 1.65. The Hall–Kier alpha value is -2.17. The van der Waals surface area contributed by atoms with Gasteiger partial charge in [0.15, 0.2) is 0 Å². The third-order valence-corrected chi connectivity index (χ3v) is 2.22. The number of rotatable bonds is 3. The van der Waals surface area contributed by atoms with E-state index in [9.17, 15) is 9.59 Å². The summed E-state index contributed by atoms with van der Waals surface area (Å²) in [4.78, 5) is 25.8. The summed E-state index contributed by atoms with van der Waals surface area (Å²) < 4.78 is 10.0. The van der Waals surface area contributed by atoms with Crippen LogP contribution in [0.15, 0.2) is 29.3 Å². The second-order valence-corrected chi connectivity index (χ2v) is 3.46. The van der Waals surface area contributed by atoms with E-state index < -0.39 is 0 Å². The largest absolute Gasteiger partial charge is 0.474 e. The molecule has 1 aromatic rings. The molecule has 5 nitrogen and oxygen atoms in total. The van der Waals surface area contributed by atoms with Gasteiger partial charge in [-0.1, -0.05) is 12.1 Å². The molecule has 1 aromatic carbocycles. The van der Waals surface area contributed by atoms with Crippen molar-refractivity contribution in [2.24, 2.45) is 4.99 Å². The van der Waals surface area contributed by atoms with Crippen LogP contribution in [-0.2, 0) is 14.3 Å². The van der Waals surface area contributed by atoms with Crippen LogP contribution in [0.25, 0.3) is 0 Å². The van der Waals surface area contributed by atoms with E-state index >= 15 is 0 Å². The molecule has 17 heavy (non-hydrogen) atoms. The molecule has 2 rings (SSSR count). The minimum absolute atomic E-state index is 0.144. The topological polar surface area (TPSA) is 65.0 Å². The lowest BCUT2D eigenvalue weighted by atomic mass is 10.1. The van der Waals surface area contributed by atoms with Crippen LogP contribution >= 0.6 is 0 Å². The van der Waals surface area contributed by atoms with Crippen molar-refractivity contribution in [3.8, 4) is 0 Å². The lowest BCUT2D eigenvalue weighted by Gasteiger charge is -2.06. The van der Waals surface area contributed by atoms with Crippen LogP contribution < -0.4 is 0 Å². The molecule has 0 unspecified atom stereocenters. The fraction of sp³-hybridized carbons (Fsp3) is 0.250. The molecule has 1 amide bonds. The number of carbonyl (C=O) groups is 2. The summed E-state index contributed by atoms with van der Waals surface area (Å²) in [5, 5.41) is 0. The Morgan fingerprint density at radius 3 is 2.65 bits per heavy atom. The predicted octanol–water partition coefficient (Wildman–Crippen LogP) is 1.17. The summed E-state index contributed by atoms with van der Waals surface area (Å²) in [7, 11) is 0. The maximum Gasteiger partial charge on any atom is 0.302 e. The van der Waals surface area contributed by atoms with Gasteiger partial charge >= 0.3 is 5.97 Å². The Balaban J connectivity index is 1.97. The number of nitrogens with zero attached hydrogens (tertiary/aromatic N) is 1. The number of esters is 1. The number of benzene rings is 1. The molecule has 1 heterocycles. The van der Waals surface area contributed by atoms with Gasteiger partial charge in [0, 0.05) is 12.5 Å². The van der Waals surface area contributed by atoms with E-state index in [1.807, 2.05) is 6.07 Å². The van der Waals surface area contributed by atoms with Crippen molar-refractivity contribution in [1.29, 1.82) is 0 Å². The zero-order chi connectivity index (χ0) is 12.3. The number of carbonyl (C=O) groups excluding carboxylic acids is 2. The Morgan fingerprint density at radius 1 is 1.24 bits per heavy atom. The van der Waals surface area contributed by atoms with E-state index in [0.717, 1.165) is 0 Å². The van der Waals surface area contributed by atoms with Crippen LogP contribution in [0.5, 0.6) is 0 Å². The molecule has 0 fully saturated rings. The van der Waals surface area contributed by atoms with Crippen molar-refractivity contribution in [2.45, 2.75) is 6.92 Å². The molecular formula is C12H11NO4. The number of hydrogen-bond donors (Lipinski definition) is 0. The van der Waals surface area contributed by atoms with Crippen LogP contribution in [-0.4, -0.2) is 31.0 Å². The first-order valence-corrected chi connectivity index (χ1v) is 5.17. The molecule has 0 atom stereocenters. The quantitative estimate of drug-likeness (QED) is 0.580. The first-order valence-electron chi connectivity index (χ1n) is 5.17. The second-order valence-electron chi connectivity index (χ2n) is 3.46. The van der Waals surface area contributed by atoms with Gasteiger partial charge in [-0.05, 0) is 12.1 Å². The maximum atomic E-state index is 11.5. The standard InChI is InChI=1S/C12H11NO4/c1-8(14)16-6-7-17-12-10-5-3-2-4-9(10)11(15)13-12/h2-5H,6-7H2,1H3. The monoisotopic (exact) mass is 233 g/mol. The van der Waals surface area contributed by atoms with Gasteiger partial charge < -0.3 is 9.47 Å². The Bertz CT molecular complexity index is 493.